The third kappa shape index (κ3) is 3.96. The van der Waals surface area contributed by atoms with Crippen molar-refractivity contribution in [3.63, 3.8) is 0 Å². The highest BCUT2D eigenvalue weighted by Gasteiger charge is 2.31. The van der Waals surface area contributed by atoms with Crippen LogP contribution in [0.15, 0.2) is 30.3 Å². The van der Waals surface area contributed by atoms with Crippen LogP contribution in [0.3, 0.4) is 0 Å². The van der Waals surface area contributed by atoms with Gasteiger partial charge in [-0.25, -0.2) is 4.79 Å². The number of carbonyl (C=O) groups is 1. The average molecular weight is 262 g/mol. The van der Waals surface area contributed by atoms with Gasteiger partial charge in [0.2, 0.25) is 0 Å². The minimum atomic E-state index is -0.204. The van der Waals surface area contributed by atoms with E-state index in [0.29, 0.717) is 6.54 Å². The number of aliphatic hydroxyl groups excluding tert-OH is 1. The van der Waals surface area contributed by atoms with Gasteiger partial charge in [-0.15, -0.1) is 0 Å². The van der Waals surface area contributed by atoms with Gasteiger partial charge in [0.25, 0.3) is 0 Å². The summed E-state index contributed by atoms with van der Waals surface area (Å²) < 4.78 is 0. The van der Waals surface area contributed by atoms with E-state index in [2.05, 4.69) is 10.6 Å². The number of anilines is 1. The lowest BCUT2D eigenvalue weighted by Gasteiger charge is -2.35. The number of hydrogen-bond acceptors (Lipinski definition) is 2. The van der Waals surface area contributed by atoms with Crippen molar-refractivity contribution in [2.75, 3.05) is 18.5 Å². The molecule has 0 heterocycles. The highest BCUT2D eigenvalue weighted by atomic mass is 16.3. The molecular weight excluding hydrogens is 240 g/mol. The summed E-state index contributed by atoms with van der Waals surface area (Å²) in [6, 6.07) is 9.16. The average Bonchev–Trinajstić information content (AvgIpc) is 2.47. The zero-order chi connectivity index (χ0) is 13.6. The zero-order valence-electron chi connectivity index (χ0n) is 11.2. The first kappa shape index (κ1) is 13.9. The number of amides is 2. The van der Waals surface area contributed by atoms with Crippen molar-refractivity contribution < 1.29 is 9.90 Å². The lowest BCUT2D eigenvalue weighted by molar-refractivity contribution is 0.0840. The zero-order valence-corrected chi connectivity index (χ0v) is 11.2. The van der Waals surface area contributed by atoms with Gasteiger partial charge in [-0.2, -0.15) is 0 Å². The molecule has 1 aliphatic rings. The van der Waals surface area contributed by atoms with Gasteiger partial charge >= 0.3 is 6.03 Å². The molecule has 4 nitrogen and oxygen atoms in total. The molecule has 0 saturated heterocycles. The number of hydrogen-bond donors (Lipinski definition) is 3. The first-order valence-electron chi connectivity index (χ1n) is 6.95. The van der Waals surface area contributed by atoms with E-state index < -0.39 is 0 Å². The maximum absolute atomic E-state index is 11.8. The second-order valence-corrected chi connectivity index (χ2v) is 5.39. The Kier molecular flexibility index (Phi) is 4.80. The molecular formula is C15H22N2O2. The van der Waals surface area contributed by atoms with Gasteiger partial charge in [-0.1, -0.05) is 37.5 Å². The van der Waals surface area contributed by atoms with E-state index >= 15 is 0 Å². The maximum Gasteiger partial charge on any atom is 0.319 e. The van der Waals surface area contributed by atoms with Crippen molar-refractivity contribution in [3.8, 4) is 0 Å². The monoisotopic (exact) mass is 262 g/mol. The Morgan fingerprint density at radius 1 is 1.16 bits per heavy atom. The molecule has 0 bridgehead atoms. The molecule has 0 spiro atoms. The summed E-state index contributed by atoms with van der Waals surface area (Å²) in [5.74, 6) is 0. The van der Waals surface area contributed by atoms with Crippen LogP contribution >= 0.6 is 0 Å². The number of nitrogens with one attached hydrogen (secondary N) is 2. The Bertz CT molecular complexity index is 400. The summed E-state index contributed by atoms with van der Waals surface area (Å²) >= 11 is 0. The fraction of sp³-hybridized carbons (Fsp3) is 0.533. The van der Waals surface area contributed by atoms with Crippen LogP contribution in [0.1, 0.15) is 32.1 Å². The molecule has 1 aromatic carbocycles. The largest absolute Gasteiger partial charge is 0.396 e. The second-order valence-electron chi connectivity index (χ2n) is 5.39. The quantitative estimate of drug-likeness (QED) is 0.781. The molecule has 1 fully saturated rings. The summed E-state index contributed by atoms with van der Waals surface area (Å²) in [6.45, 7) is 0.695. The minimum Gasteiger partial charge on any atom is -0.396 e. The number of carbonyl (C=O) groups excluding carboxylic acids is 1. The third-order valence-corrected chi connectivity index (χ3v) is 3.91. The van der Waals surface area contributed by atoms with Gasteiger partial charge in [-0.05, 0) is 25.0 Å². The summed E-state index contributed by atoms with van der Waals surface area (Å²) in [4.78, 5) is 11.8. The van der Waals surface area contributed by atoms with Crippen LogP contribution in [0, 0.1) is 5.41 Å². The molecule has 1 aliphatic carbocycles. The number of rotatable bonds is 4. The van der Waals surface area contributed by atoms with Gasteiger partial charge in [0.15, 0.2) is 0 Å². The van der Waals surface area contributed by atoms with Crippen molar-refractivity contribution in [2.45, 2.75) is 32.1 Å². The number of urea groups is 1. The number of para-hydroxylation sites is 1. The van der Waals surface area contributed by atoms with Crippen LogP contribution in [0.4, 0.5) is 10.5 Å². The van der Waals surface area contributed by atoms with Crippen LogP contribution in [0.5, 0.6) is 0 Å². The summed E-state index contributed by atoms with van der Waals surface area (Å²) in [5.41, 5.74) is 0.661. The van der Waals surface area contributed by atoms with E-state index in [4.69, 9.17) is 0 Å². The molecule has 3 N–H and O–H groups in total. The van der Waals surface area contributed by atoms with E-state index in [1.54, 1.807) is 0 Å². The van der Waals surface area contributed by atoms with Gasteiger partial charge < -0.3 is 15.7 Å². The van der Waals surface area contributed by atoms with Crippen LogP contribution in [-0.4, -0.2) is 24.3 Å². The van der Waals surface area contributed by atoms with Gasteiger partial charge in [0, 0.05) is 17.6 Å². The lowest BCUT2D eigenvalue weighted by Crippen LogP contribution is -2.42. The predicted molar refractivity (Wildman–Crippen MR) is 76.1 cm³/mol. The fourth-order valence-electron chi connectivity index (χ4n) is 2.66. The Hall–Kier alpha value is -1.55. The standard InChI is InChI=1S/C15H22N2O2/c18-12-15(9-5-2-6-10-15)11-16-14(19)17-13-7-3-1-4-8-13/h1,3-4,7-8,18H,2,5-6,9-12H2,(H2,16,17,19). The molecule has 2 amide bonds. The first-order chi connectivity index (χ1) is 9.24. The highest BCUT2D eigenvalue weighted by molar-refractivity contribution is 5.89. The van der Waals surface area contributed by atoms with Crippen LogP contribution in [0.25, 0.3) is 0 Å². The number of aliphatic hydroxyl groups is 1. The molecule has 0 atom stereocenters. The summed E-state index contributed by atoms with van der Waals surface area (Å²) in [5, 5.41) is 15.2. The molecule has 0 aromatic heterocycles. The van der Waals surface area contributed by atoms with Gasteiger partial charge in [0.05, 0.1) is 6.61 Å². The first-order valence-corrected chi connectivity index (χ1v) is 6.95. The lowest BCUT2D eigenvalue weighted by atomic mass is 9.74. The highest BCUT2D eigenvalue weighted by Crippen LogP contribution is 2.35. The molecule has 2 rings (SSSR count). The smallest absolute Gasteiger partial charge is 0.319 e. The predicted octanol–water partition coefficient (Wildman–Crippen LogP) is 2.75. The molecule has 0 aliphatic heterocycles. The Balaban J connectivity index is 1.82. The Morgan fingerprint density at radius 2 is 1.84 bits per heavy atom. The summed E-state index contributed by atoms with van der Waals surface area (Å²) in [6.07, 6.45) is 5.51. The fourth-order valence-corrected chi connectivity index (χ4v) is 2.66. The van der Waals surface area contributed by atoms with Crippen molar-refractivity contribution in [1.82, 2.24) is 5.32 Å². The minimum absolute atomic E-state index is 0.119. The van der Waals surface area contributed by atoms with Crippen LogP contribution < -0.4 is 10.6 Å². The van der Waals surface area contributed by atoms with Crippen LogP contribution in [-0.2, 0) is 0 Å². The van der Waals surface area contributed by atoms with E-state index in [9.17, 15) is 9.90 Å². The van der Waals surface area contributed by atoms with Gasteiger partial charge in [-0.3, -0.25) is 0 Å². The maximum atomic E-state index is 11.8. The molecule has 0 radical (unpaired) electrons. The molecule has 19 heavy (non-hydrogen) atoms. The Morgan fingerprint density at radius 3 is 2.47 bits per heavy atom. The molecule has 4 heteroatoms. The topological polar surface area (TPSA) is 61.4 Å². The third-order valence-electron chi connectivity index (χ3n) is 3.91. The Labute approximate surface area is 114 Å². The van der Waals surface area contributed by atoms with E-state index in [-0.39, 0.29) is 18.1 Å². The SMILES string of the molecule is O=C(NCC1(CO)CCCCC1)Nc1ccccc1. The molecule has 1 aromatic rings. The molecule has 104 valence electrons. The normalized spacial score (nSPS) is 17.7. The van der Waals surface area contributed by atoms with Gasteiger partial charge in [0.1, 0.15) is 0 Å². The van der Waals surface area contributed by atoms with Crippen molar-refractivity contribution in [2.24, 2.45) is 5.41 Å². The van der Waals surface area contributed by atoms with E-state index in [1.807, 2.05) is 30.3 Å². The number of benzene rings is 1. The van der Waals surface area contributed by atoms with E-state index in [0.717, 1.165) is 31.4 Å². The van der Waals surface area contributed by atoms with E-state index in [1.165, 1.54) is 6.42 Å². The molecule has 0 unspecified atom stereocenters. The van der Waals surface area contributed by atoms with Crippen molar-refractivity contribution >= 4 is 11.7 Å². The second kappa shape index (κ2) is 6.57. The summed E-state index contributed by atoms with van der Waals surface area (Å²) in [7, 11) is 0. The van der Waals surface area contributed by atoms with Crippen molar-refractivity contribution in [3.05, 3.63) is 30.3 Å². The van der Waals surface area contributed by atoms with Crippen molar-refractivity contribution in [1.29, 1.82) is 0 Å². The van der Waals surface area contributed by atoms with Crippen LogP contribution in [0.2, 0.25) is 0 Å². The molecule has 1 saturated carbocycles.